The minimum Gasteiger partial charge on any atom is -0.480 e. The molecule has 19 heavy (non-hydrogen) atoms. The van der Waals surface area contributed by atoms with Gasteiger partial charge in [0.2, 0.25) is 0 Å². The normalized spacial score (nSPS) is 29.1. The standard InChI is InChI=1S/C15H29NO3/c1-4-8-16-14(15(17)18)7-9-19-13-6-5-11(2)12(3)10-13/h11-14,16H,4-10H2,1-3H3,(H,17,18). The minimum absolute atomic E-state index is 0.326. The van der Waals surface area contributed by atoms with Crippen molar-refractivity contribution in [1.29, 1.82) is 0 Å². The Hall–Kier alpha value is -0.610. The highest BCUT2D eigenvalue weighted by molar-refractivity contribution is 5.73. The number of aliphatic carboxylic acids is 1. The Morgan fingerprint density at radius 3 is 2.68 bits per heavy atom. The summed E-state index contributed by atoms with van der Waals surface area (Å²) in [4.78, 5) is 11.1. The van der Waals surface area contributed by atoms with Crippen molar-refractivity contribution < 1.29 is 14.6 Å². The maximum absolute atomic E-state index is 11.1. The highest BCUT2D eigenvalue weighted by Crippen LogP contribution is 2.30. The maximum atomic E-state index is 11.1. The Balaban J connectivity index is 2.22. The number of hydrogen-bond acceptors (Lipinski definition) is 3. The number of nitrogens with one attached hydrogen (secondary N) is 1. The lowest BCUT2D eigenvalue weighted by molar-refractivity contribution is -0.140. The molecule has 0 radical (unpaired) electrons. The summed E-state index contributed by atoms with van der Waals surface area (Å²) < 4.78 is 5.86. The quantitative estimate of drug-likeness (QED) is 0.712. The van der Waals surface area contributed by atoms with Crippen LogP contribution in [0.15, 0.2) is 0 Å². The highest BCUT2D eigenvalue weighted by Gasteiger charge is 2.25. The molecule has 1 fully saturated rings. The van der Waals surface area contributed by atoms with Crippen LogP contribution in [0.25, 0.3) is 0 Å². The van der Waals surface area contributed by atoms with E-state index in [1.165, 1.54) is 6.42 Å². The molecule has 0 amide bonds. The lowest BCUT2D eigenvalue weighted by atomic mass is 9.80. The van der Waals surface area contributed by atoms with Crippen LogP contribution >= 0.6 is 0 Å². The van der Waals surface area contributed by atoms with Gasteiger partial charge in [-0.2, -0.15) is 0 Å². The molecule has 0 saturated heterocycles. The van der Waals surface area contributed by atoms with E-state index in [0.717, 1.165) is 31.7 Å². The van der Waals surface area contributed by atoms with Crippen LogP contribution in [0.4, 0.5) is 0 Å². The highest BCUT2D eigenvalue weighted by atomic mass is 16.5. The summed E-state index contributed by atoms with van der Waals surface area (Å²) in [6.07, 6.45) is 5.28. The lowest BCUT2D eigenvalue weighted by Crippen LogP contribution is -2.38. The molecular weight excluding hydrogens is 242 g/mol. The van der Waals surface area contributed by atoms with Gasteiger partial charge in [-0.05, 0) is 50.5 Å². The second-order valence-electron chi connectivity index (χ2n) is 5.89. The van der Waals surface area contributed by atoms with E-state index < -0.39 is 12.0 Å². The molecule has 4 heteroatoms. The van der Waals surface area contributed by atoms with Gasteiger partial charge in [0.1, 0.15) is 6.04 Å². The minimum atomic E-state index is -0.775. The van der Waals surface area contributed by atoms with Gasteiger partial charge >= 0.3 is 5.97 Å². The monoisotopic (exact) mass is 271 g/mol. The molecule has 2 N–H and O–H groups in total. The van der Waals surface area contributed by atoms with Crippen molar-refractivity contribution in [1.82, 2.24) is 5.32 Å². The van der Waals surface area contributed by atoms with Crippen LogP contribution in [0.2, 0.25) is 0 Å². The van der Waals surface area contributed by atoms with E-state index in [0.29, 0.717) is 25.0 Å². The van der Waals surface area contributed by atoms with Gasteiger partial charge < -0.3 is 15.2 Å². The van der Waals surface area contributed by atoms with Crippen molar-refractivity contribution in [3.63, 3.8) is 0 Å². The molecule has 4 atom stereocenters. The topological polar surface area (TPSA) is 58.6 Å². The largest absolute Gasteiger partial charge is 0.480 e. The van der Waals surface area contributed by atoms with E-state index in [4.69, 9.17) is 9.84 Å². The molecule has 0 aromatic carbocycles. The third-order valence-electron chi connectivity index (χ3n) is 4.25. The predicted octanol–water partition coefficient (Wildman–Crippen LogP) is 2.67. The van der Waals surface area contributed by atoms with Crippen LogP contribution in [0.5, 0.6) is 0 Å². The Morgan fingerprint density at radius 2 is 2.11 bits per heavy atom. The van der Waals surface area contributed by atoms with Gasteiger partial charge in [0.25, 0.3) is 0 Å². The van der Waals surface area contributed by atoms with Crippen molar-refractivity contribution >= 4 is 5.97 Å². The summed E-state index contributed by atoms with van der Waals surface area (Å²) in [5.41, 5.74) is 0. The van der Waals surface area contributed by atoms with Crippen LogP contribution in [0.3, 0.4) is 0 Å². The summed E-state index contributed by atoms with van der Waals surface area (Å²) in [6, 6.07) is -0.472. The van der Waals surface area contributed by atoms with Gasteiger partial charge in [-0.25, -0.2) is 0 Å². The summed E-state index contributed by atoms with van der Waals surface area (Å²) in [7, 11) is 0. The van der Waals surface area contributed by atoms with Gasteiger partial charge in [0.15, 0.2) is 0 Å². The molecule has 4 nitrogen and oxygen atoms in total. The van der Waals surface area contributed by atoms with Gasteiger partial charge in [-0.3, -0.25) is 4.79 Å². The predicted molar refractivity (Wildman–Crippen MR) is 76.3 cm³/mol. The number of carboxylic acids is 1. The SMILES string of the molecule is CCCNC(CCOC1CCC(C)C(C)C1)C(=O)O. The van der Waals surface area contributed by atoms with Crippen LogP contribution in [-0.2, 0) is 9.53 Å². The molecule has 4 unspecified atom stereocenters. The van der Waals surface area contributed by atoms with Crippen LogP contribution in [-0.4, -0.2) is 36.4 Å². The van der Waals surface area contributed by atoms with E-state index in [1.54, 1.807) is 0 Å². The Morgan fingerprint density at radius 1 is 1.37 bits per heavy atom. The molecule has 1 saturated carbocycles. The third-order valence-corrected chi connectivity index (χ3v) is 4.25. The van der Waals surface area contributed by atoms with Crippen molar-refractivity contribution in [3.8, 4) is 0 Å². The first-order chi connectivity index (χ1) is 9.04. The molecule has 1 aliphatic rings. The number of rotatable bonds is 8. The maximum Gasteiger partial charge on any atom is 0.320 e. The smallest absolute Gasteiger partial charge is 0.320 e. The fourth-order valence-corrected chi connectivity index (χ4v) is 2.63. The molecule has 1 rings (SSSR count). The zero-order valence-corrected chi connectivity index (χ0v) is 12.5. The van der Waals surface area contributed by atoms with E-state index >= 15 is 0 Å². The molecule has 0 bridgehead atoms. The third kappa shape index (κ3) is 5.91. The van der Waals surface area contributed by atoms with Crippen molar-refractivity contribution in [3.05, 3.63) is 0 Å². The van der Waals surface area contributed by atoms with E-state index in [9.17, 15) is 4.79 Å². The van der Waals surface area contributed by atoms with Crippen molar-refractivity contribution in [2.75, 3.05) is 13.2 Å². The summed E-state index contributed by atoms with van der Waals surface area (Å²) in [5.74, 6) is 0.729. The van der Waals surface area contributed by atoms with Crippen LogP contribution < -0.4 is 5.32 Å². The van der Waals surface area contributed by atoms with Gasteiger partial charge in [-0.1, -0.05) is 20.8 Å². The van der Waals surface area contributed by atoms with E-state index in [1.807, 2.05) is 6.92 Å². The van der Waals surface area contributed by atoms with Gasteiger partial charge in [0.05, 0.1) is 6.10 Å². The Bertz CT molecular complexity index is 270. The molecule has 0 heterocycles. The molecule has 112 valence electrons. The number of ether oxygens (including phenoxy) is 1. The lowest BCUT2D eigenvalue weighted by Gasteiger charge is -2.32. The average molecular weight is 271 g/mol. The van der Waals surface area contributed by atoms with Crippen LogP contribution in [0.1, 0.15) is 52.9 Å². The Kier molecular flexibility index (Phi) is 7.39. The molecular formula is C15H29NO3. The molecule has 0 spiro atoms. The second-order valence-corrected chi connectivity index (χ2v) is 5.89. The van der Waals surface area contributed by atoms with Crippen molar-refractivity contribution in [2.24, 2.45) is 11.8 Å². The fourth-order valence-electron chi connectivity index (χ4n) is 2.63. The average Bonchev–Trinajstić information content (AvgIpc) is 2.37. The first kappa shape index (κ1) is 16.4. The first-order valence-corrected chi connectivity index (χ1v) is 7.62. The summed E-state index contributed by atoms with van der Waals surface area (Å²) in [6.45, 7) is 7.90. The van der Waals surface area contributed by atoms with E-state index in [2.05, 4.69) is 19.2 Å². The van der Waals surface area contributed by atoms with Gasteiger partial charge in [-0.15, -0.1) is 0 Å². The molecule has 0 aromatic rings. The zero-order chi connectivity index (χ0) is 14.3. The summed E-state index contributed by atoms with van der Waals surface area (Å²) in [5, 5.41) is 12.1. The summed E-state index contributed by atoms with van der Waals surface area (Å²) >= 11 is 0. The van der Waals surface area contributed by atoms with Crippen LogP contribution in [0, 0.1) is 11.8 Å². The van der Waals surface area contributed by atoms with E-state index in [-0.39, 0.29) is 0 Å². The second kappa shape index (κ2) is 8.54. The molecule has 0 aliphatic heterocycles. The zero-order valence-electron chi connectivity index (χ0n) is 12.5. The van der Waals surface area contributed by atoms with Crippen molar-refractivity contribution in [2.45, 2.75) is 65.0 Å². The molecule has 1 aliphatic carbocycles. The number of hydrogen-bond donors (Lipinski definition) is 2. The first-order valence-electron chi connectivity index (χ1n) is 7.62. The Labute approximate surface area is 116 Å². The number of carbonyl (C=O) groups is 1. The number of carboxylic acid groups (broad SMARTS) is 1. The fraction of sp³-hybridized carbons (Fsp3) is 0.933. The molecule has 0 aromatic heterocycles. The van der Waals surface area contributed by atoms with Gasteiger partial charge in [0, 0.05) is 6.61 Å².